The molecule has 0 saturated heterocycles. The average molecular weight is 167 g/mol. The maximum Gasteiger partial charge on any atom is 0.121 e. The third-order valence-electron chi connectivity index (χ3n) is 1.57. The average Bonchev–Trinajstić information content (AvgIpc) is 2.07. The first-order valence-electron chi connectivity index (χ1n) is 3.89. The first kappa shape index (κ1) is 8.87. The summed E-state index contributed by atoms with van der Waals surface area (Å²) in [7, 11) is 0. The van der Waals surface area contributed by atoms with Gasteiger partial charge in [0.25, 0.3) is 0 Å². The zero-order valence-corrected chi connectivity index (χ0v) is 7.08. The molecule has 1 aromatic rings. The van der Waals surface area contributed by atoms with Gasteiger partial charge >= 0.3 is 0 Å². The SMILES string of the molecule is CCOCc1cc(N)ccc1O. The Morgan fingerprint density at radius 3 is 2.92 bits per heavy atom. The van der Waals surface area contributed by atoms with Crippen molar-refractivity contribution < 1.29 is 9.84 Å². The van der Waals surface area contributed by atoms with Crippen LogP contribution in [0.15, 0.2) is 18.2 Å². The summed E-state index contributed by atoms with van der Waals surface area (Å²) in [6.45, 7) is 2.95. The Balaban J connectivity index is 2.75. The van der Waals surface area contributed by atoms with Crippen LogP contribution in [0.1, 0.15) is 12.5 Å². The van der Waals surface area contributed by atoms with Crippen LogP contribution < -0.4 is 5.73 Å². The number of ether oxygens (including phenoxy) is 1. The van der Waals surface area contributed by atoms with Crippen molar-refractivity contribution in [1.82, 2.24) is 0 Å². The number of phenols is 1. The maximum atomic E-state index is 9.33. The molecule has 0 unspecified atom stereocenters. The second-order valence-electron chi connectivity index (χ2n) is 2.53. The number of aromatic hydroxyl groups is 1. The summed E-state index contributed by atoms with van der Waals surface area (Å²) in [5, 5.41) is 9.33. The summed E-state index contributed by atoms with van der Waals surface area (Å²) in [6, 6.07) is 4.94. The van der Waals surface area contributed by atoms with Crippen LogP contribution >= 0.6 is 0 Å². The Kier molecular flexibility index (Phi) is 2.94. The van der Waals surface area contributed by atoms with Gasteiger partial charge in [0.15, 0.2) is 0 Å². The van der Waals surface area contributed by atoms with E-state index in [1.807, 2.05) is 6.92 Å². The molecular weight excluding hydrogens is 154 g/mol. The highest BCUT2D eigenvalue weighted by molar-refractivity contribution is 5.46. The number of hydrogen-bond acceptors (Lipinski definition) is 3. The molecule has 0 aromatic heterocycles. The zero-order chi connectivity index (χ0) is 8.97. The topological polar surface area (TPSA) is 55.5 Å². The molecule has 0 aliphatic carbocycles. The second-order valence-corrected chi connectivity index (χ2v) is 2.53. The van der Waals surface area contributed by atoms with E-state index in [0.29, 0.717) is 18.9 Å². The molecule has 0 heterocycles. The molecule has 3 nitrogen and oxygen atoms in total. The molecule has 0 fully saturated rings. The van der Waals surface area contributed by atoms with Gasteiger partial charge < -0.3 is 15.6 Å². The van der Waals surface area contributed by atoms with E-state index in [1.165, 1.54) is 0 Å². The molecule has 0 aliphatic heterocycles. The van der Waals surface area contributed by atoms with Crippen LogP contribution in [0, 0.1) is 0 Å². The monoisotopic (exact) mass is 167 g/mol. The molecular formula is C9H13NO2. The van der Waals surface area contributed by atoms with E-state index in [4.69, 9.17) is 10.5 Å². The molecule has 0 saturated carbocycles. The van der Waals surface area contributed by atoms with Crippen molar-refractivity contribution in [3.05, 3.63) is 23.8 Å². The van der Waals surface area contributed by atoms with E-state index >= 15 is 0 Å². The summed E-state index contributed by atoms with van der Waals surface area (Å²) >= 11 is 0. The van der Waals surface area contributed by atoms with E-state index in [-0.39, 0.29) is 5.75 Å². The van der Waals surface area contributed by atoms with Crippen molar-refractivity contribution in [1.29, 1.82) is 0 Å². The fourth-order valence-corrected chi connectivity index (χ4v) is 0.933. The van der Waals surface area contributed by atoms with Crippen LogP contribution in [0.5, 0.6) is 5.75 Å². The van der Waals surface area contributed by atoms with Gasteiger partial charge in [-0.05, 0) is 25.1 Å². The number of nitrogen functional groups attached to an aromatic ring is 1. The molecule has 12 heavy (non-hydrogen) atoms. The molecule has 0 atom stereocenters. The molecule has 3 N–H and O–H groups in total. The molecule has 66 valence electrons. The predicted octanol–water partition coefficient (Wildman–Crippen LogP) is 1.51. The maximum absolute atomic E-state index is 9.33. The highest BCUT2D eigenvalue weighted by Gasteiger charge is 2.00. The Labute approximate surface area is 71.8 Å². The van der Waals surface area contributed by atoms with Gasteiger partial charge in [-0.15, -0.1) is 0 Å². The Bertz CT molecular complexity index is 261. The molecule has 0 bridgehead atoms. The number of nitrogens with two attached hydrogens (primary N) is 1. The quantitative estimate of drug-likeness (QED) is 0.530. The second kappa shape index (κ2) is 3.97. The van der Waals surface area contributed by atoms with Gasteiger partial charge in [0.05, 0.1) is 6.61 Å². The van der Waals surface area contributed by atoms with Gasteiger partial charge in [-0.25, -0.2) is 0 Å². The minimum atomic E-state index is 0.234. The Morgan fingerprint density at radius 2 is 2.25 bits per heavy atom. The van der Waals surface area contributed by atoms with Crippen molar-refractivity contribution in [2.75, 3.05) is 12.3 Å². The third kappa shape index (κ3) is 2.13. The summed E-state index contributed by atoms with van der Waals surface area (Å²) in [4.78, 5) is 0. The summed E-state index contributed by atoms with van der Waals surface area (Å²) < 4.78 is 5.14. The molecule has 0 spiro atoms. The van der Waals surface area contributed by atoms with Crippen molar-refractivity contribution in [3.8, 4) is 5.75 Å². The lowest BCUT2D eigenvalue weighted by Gasteiger charge is -2.04. The fourth-order valence-electron chi connectivity index (χ4n) is 0.933. The normalized spacial score (nSPS) is 10.1. The predicted molar refractivity (Wildman–Crippen MR) is 47.8 cm³/mol. The van der Waals surface area contributed by atoms with Gasteiger partial charge in [-0.2, -0.15) is 0 Å². The van der Waals surface area contributed by atoms with Gasteiger partial charge in [0.1, 0.15) is 5.75 Å². The summed E-state index contributed by atoms with van der Waals surface area (Å²) in [5.41, 5.74) is 6.91. The van der Waals surface area contributed by atoms with Gasteiger partial charge in [0.2, 0.25) is 0 Å². The van der Waals surface area contributed by atoms with Gasteiger partial charge in [0, 0.05) is 17.9 Å². The van der Waals surface area contributed by atoms with Crippen molar-refractivity contribution >= 4 is 5.69 Å². The lowest BCUT2D eigenvalue weighted by atomic mass is 10.2. The molecule has 0 aliphatic rings. The molecule has 0 amide bonds. The van der Waals surface area contributed by atoms with Crippen LogP contribution in [0.2, 0.25) is 0 Å². The largest absolute Gasteiger partial charge is 0.508 e. The number of rotatable bonds is 3. The van der Waals surface area contributed by atoms with Crippen molar-refractivity contribution in [3.63, 3.8) is 0 Å². The highest BCUT2D eigenvalue weighted by atomic mass is 16.5. The number of phenolic OH excluding ortho intramolecular Hbond substituents is 1. The third-order valence-corrected chi connectivity index (χ3v) is 1.57. The van der Waals surface area contributed by atoms with E-state index in [9.17, 15) is 5.11 Å². The molecule has 1 rings (SSSR count). The summed E-state index contributed by atoms with van der Waals surface area (Å²) in [6.07, 6.45) is 0. The molecule has 3 heteroatoms. The van der Waals surface area contributed by atoms with Gasteiger partial charge in [-0.1, -0.05) is 0 Å². The first-order chi connectivity index (χ1) is 5.74. The van der Waals surface area contributed by atoms with Crippen LogP contribution in [-0.4, -0.2) is 11.7 Å². The van der Waals surface area contributed by atoms with E-state index in [0.717, 1.165) is 5.56 Å². The highest BCUT2D eigenvalue weighted by Crippen LogP contribution is 2.20. The minimum Gasteiger partial charge on any atom is -0.508 e. The van der Waals surface area contributed by atoms with Crippen LogP contribution in [0.4, 0.5) is 5.69 Å². The summed E-state index contributed by atoms with van der Waals surface area (Å²) in [5.74, 6) is 0.234. The molecule has 1 aromatic carbocycles. The minimum absolute atomic E-state index is 0.234. The number of benzene rings is 1. The van der Waals surface area contributed by atoms with Gasteiger partial charge in [-0.3, -0.25) is 0 Å². The Morgan fingerprint density at radius 1 is 1.50 bits per heavy atom. The van der Waals surface area contributed by atoms with E-state index < -0.39 is 0 Å². The Hall–Kier alpha value is -1.22. The fraction of sp³-hybridized carbons (Fsp3) is 0.333. The standard InChI is InChI=1S/C9H13NO2/c1-2-12-6-7-5-8(10)3-4-9(7)11/h3-5,11H,2,6,10H2,1H3. The first-order valence-corrected chi connectivity index (χ1v) is 3.89. The van der Waals surface area contributed by atoms with Crippen LogP contribution in [0.25, 0.3) is 0 Å². The number of anilines is 1. The smallest absolute Gasteiger partial charge is 0.121 e. The van der Waals surface area contributed by atoms with E-state index in [1.54, 1.807) is 18.2 Å². The molecule has 0 radical (unpaired) electrons. The zero-order valence-electron chi connectivity index (χ0n) is 7.08. The van der Waals surface area contributed by atoms with Crippen molar-refractivity contribution in [2.24, 2.45) is 0 Å². The lowest BCUT2D eigenvalue weighted by Crippen LogP contribution is -1.94. The number of hydrogen-bond donors (Lipinski definition) is 2. The van der Waals surface area contributed by atoms with Crippen LogP contribution in [-0.2, 0) is 11.3 Å². The lowest BCUT2D eigenvalue weighted by molar-refractivity contribution is 0.132. The van der Waals surface area contributed by atoms with E-state index in [2.05, 4.69) is 0 Å². The van der Waals surface area contributed by atoms with Crippen LogP contribution in [0.3, 0.4) is 0 Å². The van der Waals surface area contributed by atoms with Crippen molar-refractivity contribution in [2.45, 2.75) is 13.5 Å².